The molecule has 0 fully saturated rings. The fourth-order valence-electron chi connectivity index (χ4n) is 0.723. The molecule has 0 amide bonds. The maximum absolute atomic E-state index is 9.55. The van der Waals surface area contributed by atoms with E-state index in [0.717, 1.165) is 12.1 Å². The van der Waals surface area contributed by atoms with E-state index in [-0.39, 0.29) is 0 Å². The second-order valence-electron chi connectivity index (χ2n) is 2.09. The lowest BCUT2D eigenvalue weighted by Crippen LogP contribution is -2.36. The van der Waals surface area contributed by atoms with Gasteiger partial charge in [0.15, 0.2) is 0 Å². The van der Waals surface area contributed by atoms with Gasteiger partial charge in [0.05, 0.1) is 0 Å². The maximum Gasteiger partial charge on any atom is 0.334 e. The number of hydrogen-bond acceptors (Lipinski definition) is 2. The summed E-state index contributed by atoms with van der Waals surface area (Å²) in [4.78, 5) is 9.55. The topological polar surface area (TPSA) is 29.5 Å². The number of hydrogen-bond donors (Lipinski definition) is 1. The summed E-state index contributed by atoms with van der Waals surface area (Å²) in [7, 11) is -2.20. The molecule has 2 nitrogen and oxygen atoms in total. The van der Waals surface area contributed by atoms with Crippen molar-refractivity contribution in [2.75, 3.05) is 6.61 Å². The molecule has 9 heavy (non-hydrogen) atoms. The molecule has 56 valence electrons. The summed E-state index contributed by atoms with van der Waals surface area (Å²) in [6, 6.07) is 1.61. The molecule has 0 aliphatic rings. The molecule has 0 heterocycles. The van der Waals surface area contributed by atoms with Crippen LogP contribution in [0.15, 0.2) is 0 Å². The molecule has 0 spiro atoms. The minimum atomic E-state index is -2.20. The summed E-state index contributed by atoms with van der Waals surface area (Å²) in [5.74, 6) is 0. The van der Waals surface area contributed by atoms with Gasteiger partial charge in [0.2, 0.25) is 0 Å². The molecule has 0 rings (SSSR count). The lowest BCUT2D eigenvalue weighted by molar-refractivity contribution is 0.244. The van der Waals surface area contributed by atoms with Gasteiger partial charge in [-0.3, -0.25) is 0 Å². The van der Waals surface area contributed by atoms with Gasteiger partial charge >= 0.3 is 8.56 Å². The monoisotopic (exact) mass is 148 g/mol. The quantitative estimate of drug-likeness (QED) is 0.612. The molecule has 0 saturated carbocycles. The predicted octanol–water partition coefficient (Wildman–Crippen LogP) is 1.50. The second-order valence-corrected chi connectivity index (χ2v) is 5.68. The van der Waals surface area contributed by atoms with Crippen molar-refractivity contribution in [3.8, 4) is 0 Å². The third kappa shape index (κ3) is 2.98. The van der Waals surface area contributed by atoms with E-state index in [9.17, 15) is 4.80 Å². The van der Waals surface area contributed by atoms with Gasteiger partial charge in [-0.25, -0.2) is 0 Å². The van der Waals surface area contributed by atoms with Crippen molar-refractivity contribution in [3.63, 3.8) is 0 Å². The zero-order valence-electron chi connectivity index (χ0n) is 6.48. The summed E-state index contributed by atoms with van der Waals surface area (Å²) in [6.07, 6.45) is 0. The fraction of sp³-hybridized carbons (Fsp3) is 1.00. The van der Waals surface area contributed by atoms with Crippen molar-refractivity contribution in [1.29, 1.82) is 0 Å². The van der Waals surface area contributed by atoms with Crippen LogP contribution in [0.25, 0.3) is 0 Å². The van der Waals surface area contributed by atoms with Crippen molar-refractivity contribution in [2.24, 2.45) is 0 Å². The molecule has 3 heteroatoms. The van der Waals surface area contributed by atoms with E-state index in [1.54, 1.807) is 0 Å². The average molecular weight is 148 g/mol. The van der Waals surface area contributed by atoms with Crippen LogP contribution < -0.4 is 0 Å². The van der Waals surface area contributed by atoms with Crippen molar-refractivity contribution in [2.45, 2.75) is 32.9 Å². The molecule has 0 saturated heterocycles. The van der Waals surface area contributed by atoms with Crippen LogP contribution in [0.3, 0.4) is 0 Å². The van der Waals surface area contributed by atoms with Crippen LogP contribution in [0, 0.1) is 0 Å². The van der Waals surface area contributed by atoms with E-state index in [4.69, 9.17) is 4.43 Å². The highest BCUT2D eigenvalue weighted by Crippen LogP contribution is 2.11. The van der Waals surface area contributed by atoms with Crippen molar-refractivity contribution in [1.82, 2.24) is 0 Å². The van der Waals surface area contributed by atoms with Crippen LogP contribution in [0.4, 0.5) is 0 Å². The Kier molecular flexibility index (Phi) is 4.09. The Morgan fingerprint density at radius 2 is 1.67 bits per heavy atom. The van der Waals surface area contributed by atoms with Gasteiger partial charge in [0.25, 0.3) is 0 Å². The standard InChI is InChI=1S/C6H16O2Si/c1-4-8-9(7,5-2)6-3/h7H,4-6H2,1-3H3. The third-order valence-electron chi connectivity index (χ3n) is 1.52. The molecule has 0 unspecified atom stereocenters. The Morgan fingerprint density at radius 3 is 1.78 bits per heavy atom. The molecule has 0 radical (unpaired) electrons. The Labute approximate surface area is 58.1 Å². The predicted molar refractivity (Wildman–Crippen MR) is 40.6 cm³/mol. The Morgan fingerprint density at radius 1 is 1.22 bits per heavy atom. The largest absolute Gasteiger partial charge is 0.411 e. The molecule has 0 aromatic rings. The van der Waals surface area contributed by atoms with Gasteiger partial charge in [0, 0.05) is 6.61 Å². The highest BCUT2D eigenvalue weighted by atomic mass is 28.4. The highest BCUT2D eigenvalue weighted by molar-refractivity contribution is 6.65. The first-order chi connectivity index (χ1) is 4.18. The van der Waals surface area contributed by atoms with Gasteiger partial charge in [-0.05, 0) is 19.0 Å². The van der Waals surface area contributed by atoms with Gasteiger partial charge in [-0.2, -0.15) is 0 Å². The average Bonchev–Trinajstić information content (AvgIpc) is 1.89. The van der Waals surface area contributed by atoms with Crippen LogP contribution in [0.2, 0.25) is 12.1 Å². The maximum atomic E-state index is 9.55. The fourth-order valence-corrected chi connectivity index (χ4v) is 2.17. The van der Waals surface area contributed by atoms with Crippen molar-refractivity contribution in [3.05, 3.63) is 0 Å². The Bertz CT molecular complexity index is 71.5. The lowest BCUT2D eigenvalue weighted by atomic mass is 10.9. The zero-order valence-corrected chi connectivity index (χ0v) is 7.48. The van der Waals surface area contributed by atoms with E-state index in [0.29, 0.717) is 6.61 Å². The smallest absolute Gasteiger partial charge is 0.334 e. The van der Waals surface area contributed by atoms with Crippen LogP contribution in [0.5, 0.6) is 0 Å². The third-order valence-corrected chi connectivity index (χ3v) is 4.55. The van der Waals surface area contributed by atoms with Gasteiger partial charge in [-0.15, -0.1) is 0 Å². The van der Waals surface area contributed by atoms with Crippen LogP contribution in [-0.4, -0.2) is 20.0 Å². The Balaban J connectivity index is 3.62. The molecular weight excluding hydrogens is 132 g/mol. The van der Waals surface area contributed by atoms with Gasteiger partial charge in [0.1, 0.15) is 0 Å². The van der Waals surface area contributed by atoms with Crippen LogP contribution in [0.1, 0.15) is 20.8 Å². The molecule has 1 N–H and O–H groups in total. The SMILES string of the molecule is CCO[Si](O)(CC)CC. The first-order valence-electron chi connectivity index (χ1n) is 3.54. The minimum Gasteiger partial charge on any atom is -0.411 e. The van der Waals surface area contributed by atoms with Crippen molar-refractivity contribution >= 4 is 8.56 Å². The molecule has 0 bridgehead atoms. The molecule has 0 aliphatic carbocycles. The highest BCUT2D eigenvalue weighted by Gasteiger charge is 2.27. The van der Waals surface area contributed by atoms with E-state index < -0.39 is 8.56 Å². The van der Waals surface area contributed by atoms with Gasteiger partial charge < -0.3 is 9.22 Å². The molecule has 0 aromatic carbocycles. The summed E-state index contributed by atoms with van der Waals surface area (Å²) in [5, 5.41) is 0. The first kappa shape index (κ1) is 9.14. The summed E-state index contributed by atoms with van der Waals surface area (Å²) >= 11 is 0. The van der Waals surface area contributed by atoms with Crippen molar-refractivity contribution < 1.29 is 9.22 Å². The van der Waals surface area contributed by atoms with E-state index in [2.05, 4.69) is 0 Å². The minimum absolute atomic E-state index is 0.643. The summed E-state index contributed by atoms with van der Waals surface area (Å²) in [6.45, 7) is 6.52. The number of rotatable bonds is 4. The van der Waals surface area contributed by atoms with E-state index in [1.165, 1.54) is 0 Å². The molecule has 0 aromatic heterocycles. The second kappa shape index (κ2) is 4.03. The molecular formula is C6H16O2Si. The molecule has 0 atom stereocenters. The van der Waals surface area contributed by atoms with E-state index in [1.807, 2.05) is 20.8 Å². The molecule has 0 aliphatic heterocycles. The first-order valence-corrected chi connectivity index (χ1v) is 5.81. The van der Waals surface area contributed by atoms with E-state index >= 15 is 0 Å². The lowest BCUT2D eigenvalue weighted by Gasteiger charge is -2.20. The zero-order chi connectivity index (χ0) is 7.33. The summed E-state index contributed by atoms with van der Waals surface area (Å²) in [5.41, 5.74) is 0. The van der Waals surface area contributed by atoms with Gasteiger partial charge in [-0.1, -0.05) is 13.8 Å². The van der Waals surface area contributed by atoms with Crippen LogP contribution in [-0.2, 0) is 4.43 Å². The summed E-state index contributed by atoms with van der Waals surface area (Å²) < 4.78 is 5.22. The van der Waals surface area contributed by atoms with Crippen LogP contribution >= 0.6 is 0 Å². The Hall–Kier alpha value is 0.137. The normalized spacial score (nSPS) is 12.0.